The molecule has 0 radical (unpaired) electrons. The largest absolute Gasteiger partial charge is 0.394 e. The van der Waals surface area contributed by atoms with Crippen LogP contribution in [0, 0.1) is 0 Å². The molecule has 0 spiro atoms. The third kappa shape index (κ3) is 3.20. The molecule has 0 aromatic heterocycles. The Morgan fingerprint density at radius 2 is 1.36 bits per heavy atom. The van der Waals surface area contributed by atoms with Gasteiger partial charge in [-0.15, -0.1) is 0 Å². The van der Waals surface area contributed by atoms with Gasteiger partial charge in [-0.05, 0) is 23.3 Å². The first-order valence-electron chi connectivity index (χ1n) is 8.84. The Labute approximate surface area is 159 Å². The first-order valence-corrected chi connectivity index (χ1v) is 8.84. The number of alkyl halides is 4. The van der Waals surface area contributed by atoms with Gasteiger partial charge < -0.3 is 14.6 Å². The summed E-state index contributed by atoms with van der Waals surface area (Å²) in [5, 5.41) is 10.0. The van der Waals surface area contributed by atoms with Gasteiger partial charge in [0.05, 0.1) is 25.4 Å². The summed E-state index contributed by atoms with van der Waals surface area (Å²) < 4.78 is 64.2. The third-order valence-electron chi connectivity index (χ3n) is 5.26. The zero-order valence-electron chi connectivity index (χ0n) is 14.8. The van der Waals surface area contributed by atoms with Gasteiger partial charge in [-0.2, -0.15) is 0 Å². The summed E-state index contributed by atoms with van der Waals surface area (Å²) in [7, 11) is 0. The lowest BCUT2D eigenvalue weighted by atomic mass is 10.00. The van der Waals surface area contributed by atoms with Gasteiger partial charge in [-0.25, -0.2) is 22.5 Å². The van der Waals surface area contributed by atoms with Crippen molar-refractivity contribution in [3.05, 3.63) is 70.8 Å². The molecule has 1 unspecified atom stereocenters. The molecule has 0 saturated carbocycles. The average Bonchev–Trinajstić information content (AvgIpc) is 3.25. The molecule has 2 fully saturated rings. The Morgan fingerprint density at radius 3 is 1.75 bits per heavy atom. The lowest BCUT2D eigenvalue weighted by Gasteiger charge is -2.33. The van der Waals surface area contributed by atoms with Crippen LogP contribution in [-0.4, -0.2) is 35.4 Å². The fraction of sp³-hybridized carbons (Fsp3) is 0.400. The molecule has 2 aromatic carbocycles. The molecule has 0 aliphatic carbocycles. The second kappa shape index (κ2) is 7.44. The SMILES string of the molecule is OCC12CO[C@H](c3cccc(C(F)F)c3)N1[C@H](c1cccc(C(F)F)c1)OC2. The molecule has 8 heteroatoms. The maximum Gasteiger partial charge on any atom is 0.263 e. The highest BCUT2D eigenvalue weighted by molar-refractivity contribution is 5.31. The van der Waals surface area contributed by atoms with Crippen LogP contribution in [0.4, 0.5) is 17.6 Å². The Kier molecular flexibility index (Phi) is 5.13. The molecule has 4 rings (SSSR count). The van der Waals surface area contributed by atoms with Gasteiger partial charge in [0.1, 0.15) is 12.5 Å². The van der Waals surface area contributed by atoms with Crippen molar-refractivity contribution < 1.29 is 32.1 Å². The van der Waals surface area contributed by atoms with Crippen LogP contribution in [0.25, 0.3) is 0 Å². The monoisotopic (exact) mass is 397 g/mol. The summed E-state index contributed by atoms with van der Waals surface area (Å²) in [6.07, 6.45) is -6.74. The minimum Gasteiger partial charge on any atom is -0.394 e. The molecule has 2 heterocycles. The zero-order valence-corrected chi connectivity index (χ0v) is 14.8. The van der Waals surface area contributed by atoms with Crippen LogP contribution in [-0.2, 0) is 9.47 Å². The second-order valence-corrected chi connectivity index (χ2v) is 7.06. The molecule has 2 aliphatic heterocycles. The van der Waals surface area contributed by atoms with Crippen LogP contribution in [0.1, 0.15) is 47.6 Å². The first kappa shape index (κ1) is 19.3. The fourth-order valence-electron chi connectivity index (χ4n) is 3.82. The number of aliphatic hydroxyl groups excluding tert-OH is 1. The molecule has 2 aliphatic rings. The highest BCUT2D eigenvalue weighted by Gasteiger charge is 2.56. The number of aliphatic hydroxyl groups is 1. The molecule has 0 amide bonds. The van der Waals surface area contributed by atoms with E-state index in [1.54, 1.807) is 17.0 Å². The number of fused-ring (bicyclic) bond motifs is 1. The third-order valence-corrected chi connectivity index (χ3v) is 5.26. The molecule has 3 atom stereocenters. The summed E-state index contributed by atoms with van der Waals surface area (Å²) in [5.41, 5.74) is -0.156. The van der Waals surface area contributed by atoms with Crippen molar-refractivity contribution in [1.29, 1.82) is 0 Å². The lowest BCUT2D eigenvalue weighted by Crippen LogP contribution is -2.47. The Morgan fingerprint density at radius 1 is 0.893 bits per heavy atom. The molecular weight excluding hydrogens is 378 g/mol. The van der Waals surface area contributed by atoms with E-state index in [0.29, 0.717) is 11.1 Å². The van der Waals surface area contributed by atoms with Gasteiger partial charge in [-0.3, -0.25) is 0 Å². The maximum atomic E-state index is 13.1. The van der Waals surface area contributed by atoms with E-state index in [9.17, 15) is 22.7 Å². The highest BCUT2D eigenvalue weighted by atomic mass is 19.3. The van der Waals surface area contributed by atoms with Gasteiger partial charge >= 0.3 is 0 Å². The van der Waals surface area contributed by atoms with Crippen LogP contribution in [0.5, 0.6) is 0 Å². The summed E-state index contributed by atoms with van der Waals surface area (Å²) in [6.45, 7) is -0.000697. The number of halogens is 4. The van der Waals surface area contributed by atoms with Gasteiger partial charge in [0.15, 0.2) is 0 Å². The molecule has 150 valence electrons. The van der Waals surface area contributed by atoms with Gasteiger partial charge in [0.2, 0.25) is 0 Å². The van der Waals surface area contributed by atoms with E-state index in [1.807, 2.05) is 0 Å². The van der Waals surface area contributed by atoms with Crippen LogP contribution in [0.3, 0.4) is 0 Å². The standard InChI is InChI=1S/C20H19F4NO3/c21-16(22)12-3-1-5-14(7-12)18-25-19(28-11-20(25,9-26)10-27-18)15-6-2-4-13(8-15)17(23)24/h1-8,16-19,26H,9-11H2/t18-,19+,20?. The van der Waals surface area contributed by atoms with Crippen molar-refractivity contribution in [2.75, 3.05) is 19.8 Å². The minimum atomic E-state index is -2.63. The van der Waals surface area contributed by atoms with E-state index in [2.05, 4.69) is 0 Å². The number of hydrogen-bond donors (Lipinski definition) is 1. The molecule has 0 bridgehead atoms. The van der Waals surface area contributed by atoms with Gasteiger partial charge in [0.25, 0.3) is 12.9 Å². The quantitative estimate of drug-likeness (QED) is 0.762. The fourth-order valence-corrected chi connectivity index (χ4v) is 3.82. The number of benzene rings is 2. The number of rotatable bonds is 5. The molecule has 28 heavy (non-hydrogen) atoms. The van der Waals surface area contributed by atoms with Crippen LogP contribution in [0.15, 0.2) is 48.5 Å². The zero-order chi connectivity index (χ0) is 19.9. The second-order valence-electron chi connectivity index (χ2n) is 7.06. The van der Waals surface area contributed by atoms with Gasteiger partial charge in [-0.1, -0.05) is 36.4 Å². The number of hydrogen-bond acceptors (Lipinski definition) is 4. The van der Waals surface area contributed by atoms with Crippen molar-refractivity contribution in [1.82, 2.24) is 4.90 Å². The van der Waals surface area contributed by atoms with Crippen LogP contribution >= 0.6 is 0 Å². The van der Waals surface area contributed by atoms with Crippen LogP contribution < -0.4 is 0 Å². The number of nitrogens with zero attached hydrogens (tertiary/aromatic N) is 1. The predicted octanol–water partition coefficient (Wildman–Crippen LogP) is 4.35. The van der Waals surface area contributed by atoms with E-state index in [0.717, 1.165) is 0 Å². The van der Waals surface area contributed by atoms with Crippen molar-refractivity contribution in [2.24, 2.45) is 0 Å². The smallest absolute Gasteiger partial charge is 0.263 e. The number of ether oxygens (including phenoxy) is 2. The van der Waals surface area contributed by atoms with E-state index in [1.165, 1.54) is 36.4 Å². The Hall–Kier alpha value is -2.00. The summed E-state index contributed by atoms with van der Waals surface area (Å²) >= 11 is 0. The highest BCUT2D eigenvalue weighted by Crippen LogP contribution is 2.49. The average molecular weight is 397 g/mol. The van der Waals surface area contributed by atoms with Gasteiger partial charge in [0, 0.05) is 11.1 Å². The molecule has 4 nitrogen and oxygen atoms in total. The van der Waals surface area contributed by atoms with E-state index >= 15 is 0 Å². The van der Waals surface area contributed by atoms with Crippen molar-refractivity contribution in [3.63, 3.8) is 0 Å². The Balaban J connectivity index is 1.72. The predicted molar refractivity (Wildman–Crippen MR) is 91.8 cm³/mol. The Bertz CT molecular complexity index is 784. The molecule has 1 N–H and O–H groups in total. The van der Waals surface area contributed by atoms with E-state index < -0.39 is 30.8 Å². The topological polar surface area (TPSA) is 41.9 Å². The first-order chi connectivity index (χ1) is 13.4. The van der Waals surface area contributed by atoms with E-state index in [-0.39, 0.29) is 30.9 Å². The van der Waals surface area contributed by atoms with Crippen molar-refractivity contribution in [3.8, 4) is 0 Å². The molecule has 2 saturated heterocycles. The molecular formula is C20H19F4NO3. The lowest BCUT2D eigenvalue weighted by molar-refractivity contribution is -0.0632. The minimum absolute atomic E-state index is 0.137. The maximum absolute atomic E-state index is 13.1. The van der Waals surface area contributed by atoms with Crippen LogP contribution in [0.2, 0.25) is 0 Å². The summed E-state index contributed by atoms with van der Waals surface area (Å²) in [4.78, 5) is 1.75. The summed E-state index contributed by atoms with van der Waals surface area (Å²) in [5.74, 6) is 0. The van der Waals surface area contributed by atoms with Crippen molar-refractivity contribution >= 4 is 0 Å². The van der Waals surface area contributed by atoms with E-state index in [4.69, 9.17) is 9.47 Å². The summed E-state index contributed by atoms with van der Waals surface area (Å²) in [6, 6.07) is 11.7. The van der Waals surface area contributed by atoms with Crippen molar-refractivity contribution in [2.45, 2.75) is 30.8 Å². The molecule has 2 aromatic rings. The normalized spacial score (nSPS) is 27.7.